The van der Waals surface area contributed by atoms with Gasteiger partial charge in [-0.3, -0.25) is 9.48 Å². The first-order chi connectivity index (χ1) is 11.8. The van der Waals surface area contributed by atoms with Crippen LogP contribution in [0.5, 0.6) is 0 Å². The van der Waals surface area contributed by atoms with Gasteiger partial charge in [0.1, 0.15) is 5.69 Å². The van der Waals surface area contributed by atoms with Gasteiger partial charge in [0.05, 0.1) is 12.8 Å². The molecule has 0 radical (unpaired) electrons. The van der Waals surface area contributed by atoms with Crippen molar-refractivity contribution in [2.75, 3.05) is 19.3 Å². The number of fused-ring (bicyclic) bond motifs is 1. The number of aryl methyl sites for hydroxylation is 1. The van der Waals surface area contributed by atoms with Crippen molar-refractivity contribution in [3.63, 3.8) is 0 Å². The largest absolute Gasteiger partial charge is 0.349 e. The number of nitrogens with one attached hydrogen (secondary N) is 1. The molecule has 0 saturated heterocycles. The van der Waals surface area contributed by atoms with E-state index in [0.29, 0.717) is 31.7 Å². The summed E-state index contributed by atoms with van der Waals surface area (Å²) >= 11 is 0. The number of rotatable bonds is 5. The smallest absolute Gasteiger partial charge is 0.274 e. The van der Waals surface area contributed by atoms with Crippen LogP contribution in [0.3, 0.4) is 0 Å². The molecular weight excluding hydrogens is 342 g/mol. The predicted octanol–water partition coefficient (Wildman–Crippen LogP) is 0.433. The molecular formula is C16H23N5O3S. The maximum Gasteiger partial charge on any atom is 0.274 e. The van der Waals surface area contributed by atoms with Gasteiger partial charge in [-0.25, -0.2) is 13.1 Å². The van der Waals surface area contributed by atoms with Crippen LogP contribution in [0.4, 0.5) is 0 Å². The van der Waals surface area contributed by atoms with E-state index >= 15 is 0 Å². The first kappa shape index (κ1) is 17.7. The number of nitrogens with zero attached hydrogens (tertiary/aromatic N) is 4. The molecule has 2 aromatic rings. The van der Waals surface area contributed by atoms with E-state index in [1.54, 1.807) is 28.9 Å². The fourth-order valence-electron chi connectivity index (χ4n) is 3.16. The normalized spacial score (nSPS) is 18.0. The summed E-state index contributed by atoms with van der Waals surface area (Å²) in [4.78, 5) is 14.6. The zero-order valence-electron chi connectivity index (χ0n) is 14.4. The van der Waals surface area contributed by atoms with Crippen LogP contribution < -0.4 is 4.72 Å². The van der Waals surface area contributed by atoms with Gasteiger partial charge in [0.2, 0.25) is 10.0 Å². The quantitative estimate of drug-likeness (QED) is 0.832. The standard InChI is InChI=1S/C16H23N5O3S/c1-19-9-6-15(18-19)16(22)21-11-13(5-7-17-25(2,23)24)10-20-8-3-4-14(20)12-21/h3-4,6,8-9,13,17H,5,7,10-12H2,1-2H3/t13-/m0/s1. The molecule has 9 heteroatoms. The van der Waals surface area contributed by atoms with Gasteiger partial charge in [-0.2, -0.15) is 5.10 Å². The molecule has 1 aliphatic heterocycles. The highest BCUT2D eigenvalue weighted by atomic mass is 32.2. The van der Waals surface area contributed by atoms with E-state index in [1.165, 1.54) is 0 Å². The maximum atomic E-state index is 12.8. The van der Waals surface area contributed by atoms with Gasteiger partial charge in [0, 0.05) is 44.8 Å². The highest BCUT2D eigenvalue weighted by Gasteiger charge is 2.26. The van der Waals surface area contributed by atoms with E-state index in [1.807, 2.05) is 18.3 Å². The van der Waals surface area contributed by atoms with Crippen molar-refractivity contribution in [1.82, 2.24) is 24.0 Å². The lowest BCUT2D eigenvalue weighted by atomic mass is 10.1. The van der Waals surface area contributed by atoms with Crippen LogP contribution in [0.2, 0.25) is 0 Å². The average Bonchev–Trinajstić information content (AvgIpc) is 3.10. The molecule has 0 fully saturated rings. The minimum absolute atomic E-state index is 0.101. The fraction of sp³-hybridized carbons (Fsp3) is 0.500. The Kier molecular flexibility index (Phi) is 4.96. The molecule has 2 aromatic heterocycles. The van der Waals surface area contributed by atoms with Gasteiger partial charge >= 0.3 is 0 Å². The Bertz CT molecular complexity index is 855. The van der Waals surface area contributed by atoms with Crippen molar-refractivity contribution in [2.24, 2.45) is 13.0 Å². The number of carbonyl (C=O) groups excluding carboxylic acids is 1. The Morgan fingerprint density at radius 3 is 2.80 bits per heavy atom. The summed E-state index contributed by atoms with van der Waals surface area (Å²) in [5.41, 5.74) is 1.50. The molecule has 1 atom stereocenters. The second-order valence-electron chi connectivity index (χ2n) is 6.53. The minimum atomic E-state index is -3.20. The SMILES string of the molecule is Cn1ccc(C(=O)N2Cc3cccn3C[C@H](CCNS(C)(=O)=O)C2)n1. The van der Waals surface area contributed by atoms with Gasteiger partial charge in [-0.15, -0.1) is 0 Å². The summed E-state index contributed by atoms with van der Waals surface area (Å²) in [6, 6.07) is 5.69. The van der Waals surface area contributed by atoms with Crippen LogP contribution in [0.25, 0.3) is 0 Å². The zero-order valence-corrected chi connectivity index (χ0v) is 15.2. The van der Waals surface area contributed by atoms with E-state index in [9.17, 15) is 13.2 Å². The van der Waals surface area contributed by atoms with Crippen LogP contribution in [0.15, 0.2) is 30.6 Å². The van der Waals surface area contributed by atoms with E-state index in [-0.39, 0.29) is 11.8 Å². The molecule has 0 aliphatic carbocycles. The molecule has 25 heavy (non-hydrogen) atoms. The lowest BCUT2D eigenvalue weighted by Crippen LogP contribution is -2.35. The molecule has 0 saturated carbocycles. The molecule has 1 N–H and O–H groups in total. The molecule has 8 nitrogen and oxygen atoms in total. The third-order valence-electron chi connectivity index (χ3n) is 4.35. The molecule has 0 spiro atoms. The summed E-state index contributed by atoms with van der Waals surface area (Å²) in [5, 5.41) is 4.21. The summed E-state index contributed by atoms with van der Waals surface area (Å²) < 4.78 is 28.8. The summed E-state index contributed by atoms with van der Waals surface area (Å²) in [6.45, 7) is 2.23. The van der Waals surface area contributed by atoms with Crippen LogP contribution in [-0.2, 0) is 30.2 Å². The second kappa shape index (κ2) is 7.01. The third-order valence-corrected chi connectivity index (χ3v) is 5.08. The molecule has 0 unspecified atom stereocenters. The number of sulfonamides is 1. The Labute approximate surface area is 147 Å². The summed E-state index contributed by atoms with van der Waals surface area (Å²) in [5.74, 6) is 0.0619. The van der Waals surface area contributed by atoms with E-state index in [2.05, 4.69) is 14.4 Å². The van der Waals surface area contributed by atoms with Gasteiger partial charge in [0.15, 0.2) is 0 Å². The Morgan fingerprint density at radius 1 is 1.32 bits per heavy atom. The van der Waals surface area contributed by atoms with E-state index < -0.39 is 10.0 Å². The number of carbonyl (C=O) groups is 1. The first-order valence-corrected chi connectivity index (χ1v) is 10.1. The van der Waals surface area contributed by atoms with Crippen LogP contribution >= 0.6 is 0 Å². The monoisotopic (exact) mass is 365 g/mol. The average molecular weight is 365 g/mol. The van der Waals surface area contributed by atoms with Crippen molar-refractivity contribution < 1.29 is 13.2 Å². The fourth-order valence-corrected chi connectivity index (χ4v) is 3.64. The molecule has 3 heterocycles. The number of hydrogen-bond donors (Lipinski definition) is 1. The minimum Gasteiger partial charge on any atom is -0.349 e. The third kappa shape index (κ3) is 4.49. The van der Waals surface area contributed by atoms with Gasteiger partial charge in [0.25, 0.3) is 5.91 Å². The Hall–Kier alpha value is -2.13. The molecule has 136 valence electrons. The van der Waals surface area contributed by atoms with Crippen molar-refractivity contribution in [3.8, 4) is 0 Å². The highest BCUT2D eigenvalue weighted by molar-refractivity contribution is 7.88. The molecule has 0 bridgehead atoms. The first-order valence-electron chi connectivity index (χ1n) is 8.19. The summed E-state index contributed by atoms with van der Waals surface area (Å²) in [7, 11) is -1.42. The number of amides is 1. The van der Waals surface area contributed by atoms with Crippen LogP contribution in [-0.4, -0.2) is 52.9 Å². The Balaban J connectivity index is 1.75. The van der Waals surface area contributed by atoms with Crippen molar-refractivity contribution in [3.05, 3.63) is 42.0 Å². The highest BCUT2D eigenvalue weighted by Crippen LogP contribution is 2.20. The van der Waals surface area contributed by atoms with Gasteiger partial charge in [-0.1, -0.05) is 0 Å². The topological polar surface area (TPSA) is 89.2 Å². The molecule has 3 rings (SSSR count). The van der Waals surface area contributed by atoms with Gasteiger partial charge in [-0.05, 0) is 30.5 Å². The lowest BCUT2D eigenvalue weighted by molar-refractivity contribution is 0.0712. The molecule has 1 amide bonds. The molecule has 0 aromatic carbocycles. The van der Waals surface area contributed by atoms with Crippen LogP contribution in [0, 0.1) is 5.92 Å². The van der Waals surface area contributed by atoms with Gasteiger partial charge < -0.3 is 9.47 Å². The maximum absolute atomic E-state index is 12.8. The lowest BCUT2D eigenvalue weighted by Gasteiger charge is -2.23. The second-order valence-corrected chi connectivity index (χ2v) is 8.37. The summed E-state index contributed by atoms with van der Waals surface area (Å²) in [6.07, 6.45) is 5.57. The molecule has 1 aliphatic rings. The van der Waals surface area contributed by atoms with Crippen molar-refractivity contribution in [1.29, 1.82) is 0 Å². The van der Waals surface area contributed by atoms with Crippen LogP contribution in [0.1, 0.15) is 22.6 Å². The van der Waals surface area contributed by atoms with E-state index in [4.69, 9.17) is 0 Å². The zero-order chi connectivity index (χ0) is 18.0. The Morgan fingerprint density at radius 2 is 2.12 bits per heavy atom. The predicted molar refractivity (Wildman–Crippen MR) is 93.3 cm³/mol. The number of hydrogen-bond acceptors (Lipinski definition) is 4. The number of aromatic nitrogens is 3. The van der Waals surface area contributed by atoms with Crippen molar-refractivity contribution >= 4 is 15.9 Å². The van der Waals surface area contributed by atoms with E-state index in [0.717, 1.165) is 18.5 Å². The van der Waals surface area contributed by atoms with Crippen molar-refractivity contribution in [2.45, 2.75) is 19.5 Å².